The smallest absolute Gasteiger partial charge is 0.271 e. The molecule has 2 heterocycles. The van der Waals surface area contributed by atoms with E-state index in [1.54, 1.807) is 12.1 Å². The van der Waals surface area contributed by atoms with Crippen molar-refractivity contribution in [1.29, 1.82) is 0 Å². The summed E-state index contributed by atoms with van der Waals surface area (Å²) < 4.78 is 5.78. The summed E-state index contributed by atoms with van der Waals surface area (Å²) in [4.78, 5) is 30.0. The Bertz CT molecular complexity index is 805. The number of likely N-dealkylation sites (tertiary alicyclic amines) is 1. The molecule has 1 aliphatic heterocycles. The minimum Gasteiger partial charge on any atom is -0.489 e. The molecule has 1 aliphatic rings. The second-order valence-corrected chi connectivity index (χ2v) is 6.89. The third kappa shape index (κ3) is 4.84. The van der Waals surface area contributed by atoms with Gasteiger partial charge in [0.1, 0.15) is 6.61 Å². The number of carbonyl (C=O) groups is 2. The lowest BCUT2D eigenvalue weighted by molar-refractivity contribution is -0.132. The number of carbonyl (C=O) groups excluding carboxylic acids is 2. The maximum atomic E-state index is 12.7. The summed E-state index contributed by atoms with van der Waals surface area (Å²) in [6.07, 6.45) is 4.57. The molecule has 1 atom stereocenters. The van der Waals surface area contributed by atoms with Gasteiger partial charge < -0.3 is 15.4 Å². The van der Waals surface area contributed by atoms with E-state index >= 15 is 0 Å². The SMILES string of the molecule is Cc1ccc(CCC(=O)N2CCCC2COc2cccnc2C(N)=O)cc1. The number of primary amides is 1. The predicted molar refractivity (Wildman–Crippen MR) is 102 cm³/mol. The lowest BCUT2D eigenvalue weighted by Gasteiger charge is -2.25. The molecule has 142 valence electrons. The largest absolute Gasteiger partial charge is 0.489 e. The van der Waals surface area contributed by atoms with Gasteiger partial charge in [-0.05, 0) is 43.9 Å². The molecule has 3 rings (SSSR count). The number of pyridine rings is 1. The number of amides is 2. The number of ether oxygens (including phenoxy) is 1. The zero-order valence-corrected chi connectivity index (χ0v) is 15.6. The highest BCUT2D eigenvalue weighted by Gasteiger charge is 2.29. The molecule has 1 fully saturated rings. The fourth-order valence-electron chi connectivity index (χ4n) is 3.36. The van der Waals surface area contributed by atoms with Crippen LogP contribution in [0.1, 0.15) is 40.9 Å². The van der Waals surface area contributed by atoms with Crippen LogP contribution in [0.15, 0.2) is 42.6 Å². The number of hydrogen-bond acceptors (Lipinski definition) is 4. The van der Waals surface area contributed by atoms with Crippen molar-refractivity contribution in [2.45, 2.75) is 38.6 Å². The molecule has 2 N–H and O–H groups in total. The van der Waals surface area contributed by atoms with Crippen LogP contribution in [0.3, 0.4) is 0 Å². The maximum Gasteiger partial charge on any atom is 0.271 e. The summed E-state index contributed by atoms with van der Waals surface area (Å²) in [5.74, 6) is -0.116. The number of aryl methyl sites for hydroxylation is 2. The quantitative estimate of drug-likeness (QED) is 0.815. The van der Waals surface area contributed by atoms with Gasteiger partial charge in [0.15, 0.2) is 11.4 Å². The highest BCUT2D eigenvalue weighted by Crippen LogP contribution is 2.22. The van der Waals surface area contributed by atoms with E-state index in [2.05, 4.69) is 36.2 Å². The van der Waals surface area contributed by atoms with Crippen LogP contribution in [0.4, 0.5) is 0 Å². The Morgan fingerprint density at radius 3 is 2.78 bits per heavy atom. The minimum atomic E-state index is -0.622. The van der Waals surface area contributed by atoms with Gasteiger partial charge in [0.2, 0.25) is 5.91 Å². The summed E-state index contributed by atoms with van der Waals surface area (Å²) in [6, 6.07) is 11.7. The number of hydrogen-bond donors (Lipinski definition) is 1. The zero-order chi connectivity index (χ0) is 19.2. The van der Waals surface area contributed by atoms with Crippen molar-refractivity contribution in [2.24, 2.45) is 5.73 Å². The van der Waals surface area contributed by atoms with Crippen LogP contribution >= 0.6 is 0 Å². The number of aromatic nitrogens is 1. The van der Waals surface area contributed by atoms with Crippen LogP contribution in [-0.4, -0.2) is 40.9 Å². The van der Waals surface area contributed by atoms with Crippen LogP contribution in [0, 0.1) is 6.92 Å². The predicted octanol–water partition coefficient (Wildman–Crippen LogP) is 2.49. The molecule has 1 unspecified atom stereocenters. The van der Waals surface area contributed by atoms with Crippen molar-refractivity contribution < 1.29 is 14.3 Å². The number of nitrogens with zero attached hydrogens (tertiary/aromatic N) is 2. The molecule has 0 saturated carbocycles. The van der Waals surface area contributed by atoms with Gasteiger partial charge in [-0.1, -0.05) is 29.8 Å². The van der Waals surface area contributed by atoms with Gasteiger partial charge >= 0.3 is 0 Å². The summed E-state index contributed by atoms with van der Waals surface area (Å²) in [5, 5.41) is 0. The number of rotatable bonds is 7. The molecule has 1 aromatic heterocycles. The second-order valence-electron chi connectivity index (χ2n) is 6.89. The van der Waals surface area contributed by atoms with Crippen molar-refractivity contribution in [3.8, 4) is 5.75 Å². The topological polar surface area (TPSA) is 85.5 Å². The van der Waals surface area contributed by atoms with Crippen molar-refractivity contribution in [1.82, 2.24) is 9.88 Å². The van der Waals surface area contributed by atoms with Gasteiger partial charge in [-0.25, -0.2) is 4.98 Å². The molecule has 2 amide bonds. The first-order valence-electron chi connectivity index (χ1n) is 9.27. The van der Waals surface area contributed by atoms with Gasteiger partial charge in [0.25, 0.3) is 5.91 Å². The third-order valence-electron chi connectivity index (χ3n) is 4.88. The van der Waals surface area contributed by atoms with Gasteiger partial charge in [0.05, 0.1) is 6.04 Å². The first-order chi connectivity index (χ1) is 13.0. The van der Waals surface area contributed by atoms with Crippen LogP contribution < -0.4 is 10.5 Å². The van der Waals surface area contributed by atoms with E-state index in [1.807, 2.05) is 4.90 Å². The van der Waals surface area contributed by atoms with Gasteiger partial charge in [-0.15, -0.1) is 0 Å². The van der Waals surface area contributed by atoms with Crippen LogP contribution in [0.25, 0.3) is 0 Å². The first-order valence-corrected chi connectivity index (χ1v) is 9.27. The third-order valence-corrected chi connectivity index (χ3v) is 4.88. The second kappa shape index (κ2) is 8.66. The molecular formula is C21H25N3O3. The molecule has 0 aliphatic carbocycles. The van der Waals surface area contributed by atoms with E-state index < -0.39 is 5.91 Å². The fourth-order valence-corrected chi connectivity index (χ4v) is 3.36. The molecule has 0 spiro atoms. The Morgan fingerprint density at radius 2 is 2.04 bits per heavy atom. The van der Waals surface area contributed by atoms with E-state index in [-0.39, 0.29) is 17.6 Å². The lowest BCUT2D eigenvalue weighted by atomic mass is 10.1. The number of nitrogens with two attached hydrogens (primary N) is 1. The lowest BCUT2D eigenvalue weighted by Crippen LogP contribution is -2.39. The normalized spacial score (nSPS) is 16.3. The van der Waals surface area contributed by atoms with Gasteiger partial charge in [-0.3, -0.25) is 9.59 Å². The highest BCUT2D eigenvalue weighted by atomic mass is 16.5. The average molecular weight is 367 g/mol. The molecule has 2 aromatic rings. The van der Waals surface area contributed by atoms with E-state index in [0.717, 1.165) is 25.8 Å². The standard InChI is InChI=1S/C21H25N3O3/c1-15-6-8-16(9-7-15)10-11-19(25)24-13-3-4-17(24)14-27-18-5-2-12-23-20(18)21(22)26/h2,5-9,12,17H,3-4,10-11,13-14H2,1H3,(H2,22,26). The van der Waals surface area contributed by atoms with Crippen LogP contribution in [-0.2, 0) is 11.2 Å². The van der Waals surface area contributed by atoms with E-state index in [1.165, 1.54) is 17.3 Å². The van der Waals surface area contributed by atoms with Crippen molar-refractivity contribution in [3.05, 3.63) is 59.4 Å². The first kappa shape index (κ1) is 18.9. The van der Waals surface area contributed by atoms with Crippen LogP contribution in [0.2, 0.25) is 0 Å². The van der Waals surface area contributed by atoms with Crippen molar-refractivity contribution >= 4 is 11.8 Å². The summed E-state index contributed by atoms with van der Waals surface area (Å²) in [5.41, 5.74) is 7.83. The Hall–Kier alpha value is -2.89. The molecule has 1 aromatic carbocycles. The number of benzene rings is 1. The van der Waals surface area contributed by atoms with Gasteiger partial charge in [0, 0.05) is 19.2 Å². The molecule has 27 heavy (non-hydrogen) atoms. The minimum absolute atomic E-state index is 0.0106. The van der Waals surface area contributed by atoms with E-state index in [4.69, 9.17) is 10.5 Å². The average Bonchev–Trinajstić information content (AvgIpc) is 3.14. The Morgan fingerprint density at radius 1 is 1.26 bits per heavy atom. The summed E-state index contributed by atoms with van der Waals surface area (Å²) >= 11 is 0. The fraction of sp³-hybridized carbons (Fsp3) is 0.381. The highest BCUT2D eigenvalue weighted by molar-refractivity contribution is 5.93. The molecule has 1 saturated heterocycles. The zero-order valence-electron chi connectivity index (χ0n) is 15.6. The molecule has 0 bridgehead atoms. The molecule has 0 radical (unpaired) electrons. The summed E-state index contributed by atoms with van der Waals surface area (Å²) in [6.45, 7) is 3.13. The molecule has 6 heteroatoms. The van der Waals surface area contributed by atoms with E-state index in [9.17, 15) is 9.59 Å². The van der Waals surface area contributed by atoms with E-state index in [0.29, 0.717) is 18.8 Å². The molecule has 6 nitrogen and oxygen atoms in total. The van der Waals surface area contributed by atoms with Gasteiger partial charge in [-0.2, -0.15) is 0 Å². The molecular weight excluding hydrogens is 342 g/mol. The maximum absolute atomic E-state index is 12.7. The van der Waals surface area contributed by atoms with Crippen molar-refractivity contribution in [2.75, 3.05) is 13.2 Å². The Labute approximate surface area is 159 Å². The Kier molecular flexibility index (Phi) is 6.06. The Balaban J connectivity index is 1.56. The summed E-state index contributed by atoms with van der Waals surface area (Å²) in [7, 11) is 0. The monoisotopic (exact) mass is 367 g/mol. The van der Waals surface area contributed by atoms with Crippen LogP contribution in [0.5, 0.6) is 5.75 Å². The van der Waals surface area contributed by atoms with Crippen molar-refractivity contribution in [3.63, 3.8) is 0 Å².